The molecule has 140 valence electrons. The number of nitrogens with zero attached hydrogens (tertiary/aromatic N) is 2. The third-order valence-corrected chi connectivity index (χ3v) is 4.83. The topological polar surface area (TPSA) is 27.1 Å². The molecule has 3 aromatic carbocycles. The van der Waals surface area contributed by atoms with Gasteiger partial charge < -0.3 is 9.30 Å². The lowest BCUT2D eigenvalue weighted by atomic mass is 10.1. The van der Waals surface area contributed by atoms with E-state index in [0.717, 1.165) is 34.7 Å². The van der Waals surface area contributed by atoms with Gasteiger partial charge in [-0.3, -0.25) is 0 Å². The summed E-state index contributed by atoms with van der Waals surface area (Å²) in [6.45, 7) is 5.34. The van der Waals surface area contributed by atoms with Gasteiger partial charge in [0.1, 0.15) is 18.2 Å². The number of aromatic nitrogens is 2. The number of fused-ring (bicyclic) bond motifs is 1. The number of imidazole rings is 1. The van der Waals surface area contributed by atoms with Crippen LogP contribution in [0.1, 0.15) is 22.5 Å². The molecule has 4 rings (SSSR count). The molecule has 0 saturated carbocycles. The molecular weight excluding hydrogens is 344 g/mol. The maximum absolute atomic E-state index is 6.13. The molecule has 4 aromatic rings. The van der Waals surface area contributed by atoms with E-state index < -0.39 is 0 Å². The average molecular weight is 368 g/mol. The van der Waals surface area contributed by atoms with E-state index in [1.54, 1.807) is 0 Å². The number of aryl methyl sites for hydroxylation is 2. The first-order valence-corrected chi connectivity index (χ1v) is 9.56. The Kier molecular flexibility index (Phi) is 5.24. The van der Waals surface area contributed by atoms with Crippen molar-refractivity contribution in [2.24, 2.45) is 0 Å². The first-order valence-electron chi connectivity index (χ1n) is 9.56. The van der Waals surface area contributed by atoms with E-state index in [9.17, 15) is 0 Å². The molecule has 0 aliphatic heterocycles. The smallest absolute Gasteiger partial charge is 0.148 e. The lowest BCUT2D eigenvalue weighted by Gasteiger charge is -2.11. The minimum Gasteiger partial charge on any atom is -0.485 e. The second-order valence-electron chi connectivity index (χ2n) is 7.00. The Labute approximate surface area is 165 Å². The van der Waals surface area contributed by atoms with E-state index in [1.807, 2.05) is 18.2 Å². The van der Waals surface area contributed by atoms with Crippen molar-refractivity contribution in [2.75, 3.05) is 0 Å². The van der Waals surface area contributed by atoms with Crippen LogP contribution in [0.4, 0.5) is 0 Å². The molecule has 28 heavy (non-hydrogen) atoms. The number of allylic oxidation sites excluding steroid dienone is 1. The Morgan fingerprint density at radius 1 is 0.929 bits per heavy atom. The van der Waals surface area contributed by atoms with Gasteiger partial charge in [-0.25, -0.2) is 4.98 Å². The van der Waals surface area contributed by atoms with E-state index in [0.29, 0.717) is 6.61 Å². The third kappa shape index (κ3) is 3.99. The third-order valence-electron chi connectivity index (χ3n) is 4.83. The van der Waals surface area contributed by atoms with Crippen LogP contribution in [-0.4, -0.2) is 9.55 Å². The summed E-state index contributed by atoms with van der Waals surface area (Å²) >= 11 is 0. The lowest BCUT2D eigenvalue weighted by molar-refractivity contribution is 0.289. The summed E-state index contributed by atoms with van der Waals surface area (Å²) in [4.78, 5) is 4.81. The second-order valence-corrected chi connectivity index (χ2v) is 7.00. The summed E-state index contributed by atoms with van der Waals surface area (Å²) in [6.07, 6.45) is 4.31. The molecule has 0 aliphatic rings. The molecule has 1 heterocycles. The van der Waals surface area contributed by atoms with Gasteiger partial charge in [0.25, 0.3) is 0 Å². The molecule has 0 amide bonds. The van der Waals surface area contributed by atoms with Crippen LogP contribution < -0.4 is 4.74 Å². The van der Waals surface area contributed by atoms with Crippen molar-refractivity contribution in [1.29, 1.82) is 0 Å². The van der Waals surface area contributed by atoms with E-state index in [4.69, 9.17) is 9.72 Å². The zero-order valence-electron chi connectivity index (χ0n) is 16.3. The zero-order valence-corrected chi connectivity index (χ0v) is 16.3. The second kappa shape index (κ2) is 8.13. The zero-order chi connectivity index (χ0) is 19.3. The SMILES string of the molecule is Cc1ccc(C)c(OCc2nc3ccccc3n2C/C=C/c2ccccc2)c1. The largest absolute Gasteiger partial charge is 0.485 e. The molecule has 1 aromatic heterocycles. The highest BCUT2D eigenvalue weighted by Crippen LogP contribution is 2.22. The molecule has 0 unspecified atom stereocenters. The fraction of sp³-hybridized carbons (Fsp3) is 0.160. The summed E-state index contributed by atoms with van der Waals surface area (Å²) < 4.78 is 8.35. The maximum Gasteiger partial charge on any atom is 0.148 e. The highest BCUT2D eigenvalue weighted by Gasteiger charge is 2.11. The van der Waals surface area contributed by atoms with Crippen molar-refractivity contribution < 1.29 is 4.74 Å². The summed E-state index contributed by atoms with van der Waals surface area (Å²) in [5.74, 6) is 1.85. The molecule has 0 saturated heterocycles. The minimum atomic E-state index is 0.443. The van der Waals surface area contributed by atoms with Crippen molar-refractivity contribution in [2.45, 2.75) is 27.0 Å². The van der Waals surface area contributed by atoms with Gasteiger partial charge in [-0.05, 0) is 48.7 Å². The number of hydrogen-bond acceptors (Lipinski definition) is 2. The van der Waals surface area contributed by atoms with Gasteiger partial charge in [-0.15, -0.1) is 0 Å². The van der Waals surface area contributed by atoms with Crippen LogP contribution in [0.3, 0.4) is 0 Å². The van der Waals surface area contributed by atoms with Gasteiger partial charge >= 0.3 is 0 Å². The standard InChI is InChI=1S/C25H24N2O/c1-19-14-15-20(2)24(17-19)28-18-25-26-22-12-6-7-13-23(22)27(25)16-8-11-21-9-4-3-5-10-21/h3-15,17H,16,18H2,1-2H3/b11-8+. The van der Waals surface area contributed by atoms with E-state index >= 15 is 0 Å². The fourth-order valence-electron chi connectivity index (χ4n) is 3.30. The van der Waals surface area contributed by atoms with Crippen LogP contribution in [0.15, 0.2) is 78.9 Å². The molecule has 3 nitrogen and oxygen atoms in total. The summed E-state index contributed by atoms with van der Waals surface area (Å²) in [6, 6.07) is 24.9. The maximum atomic E-state index is 6.13. The summed E-state index contributed by atoms with van der Waals surface area (Å²) in [5, 5.41) is 0. The van der Waals surface area contributed by atoms with Crippen LogP contribution in [-0.2, 0) is 13.2 Å². The van der Waals surface area contributed by atoms with Gasteiger partial charge in [0.15, 0.2) is 0 Å². The van der Waals surface area contributed by atoms with Crippen molar-refractivity contribution in [3.63, 3.8) is 0 Å². The van der Waals surface area contributed by atoms with Crippen LogP contribution in [0.5, 0.6) is 5.75 Å². The Morgan fingerprint density at radius 2 is 1.71 bits per heavy atom. The van der Waals surface area contributed by atoms with E-state index in [1.165, 1.54) is 11.1 Å². The van der Waals surface area contributed by atoms with Crippen molar-refractivity contribution in [1.82, 2.24) is 9.55 Å². The molecule has 0 N–H and O–H groups in total. The number of rotatable bonds is 6. The fourth-order valence-corrected chi connectivity index (χ4v) is 3.30. The van der Waals surface area contributed by atoms with E-state index in [-0.39, 0.29) is 0 Å². The Hall–Kier alpha value is -3.33. The number of benzene rings is 3. The first kappa shape index (κ1) is 18.1. The quantitative estimate of drug-likeness (QED) is 0.421. The van der Waals surface area contributed by atoms with Crippen LogP contribution >= 0.6 is 0 Å². The normalized spacial score (nSPS) is 11.4. The monoisotopic (exact) mass is 368 g/mol. The molecule has 0 atom stereocenters. The van der Waals surface area contributed by atoms with Gasteiger partial charge in [-0.2, -0.15) is 0 Å². The van der Waals surface area contributed by atoms with Gasteiger partial charge in [-0.1, -0.05) is 66.7 Å². The minimum absolute atomic E-state index is 0.443. The molecule has 3 heteroatoms. The van der Waals surface area contributed by atoms with Gasteiger partial charge in [0, 0.05) is 6.54 Å². The Bertz CT molecular complexity index is 1110. The lowest BCUT2D eigenvalue weighted by Crippen LogP contribution is -2.07. The molecule has 0 fully saturated rings. The predicted octanol–water partition coefficient (Wildman–Crippen LogP) is 5.95. The number of ether oxygens (including phenoxy) is 1. The summed E-state index contributed by atoms with van der Waals surface area (Å²) in [7, 11) is 0. The molecule has 0 radical (unpaired) electrons. The summed E-state index contributed by atoms with van der Waals surface area (Å²) in [5.41, 5.74) is 5.65. The Balaban J connectivity index is 1.59. The highest BCUT2D eigenvalue weighted by atomic mass is 16.5. The van der Waals surface area contributed by atoms with Crippen molar-refractivity contribution in [3.8, 4) is 5.75 Å². The number of hydrogen-bond donors (Lipinski definition) is 0. The van der Waals surface area contributed by atoms with Gasteiger partial charge in [0.05, 0.1) is 11.0 Å². The molecule has 0 spiro atoms. The first-order chi connectivity index (χ1) is 13.7. The van der Waals surface area contributed by atoms with Crippen LogP contribution in [0, 0.1) is 13.8 Å². The molecular formula is C25H24N2O. The molecule has 0 aliphatic carbocycles. The molecule has 0 bridgehead atoms. The van der Waals surface area contributed by atoms with Gasteiger partial charge in [0.2, 0.25) is 0 Å². The highest BCUT2D eigenvalue weighted by molar-refractivity contribution is 5.76. The van der Waals surface area contributed by atoms with Crippen LogP contribution in [0.25, 0.3) is 17.1 Å². The predicted molar refractivity (Wildman–Crippen MR) is 115 cm³/mol. The number of para-hydroxylation sites is 2. The van der Waals surface area contributed by atoms with Crippen LogP contribution in [0.2, 0.25) is 0 Å². The Morgan fingerprint density at radius 3 is 2.57 bits per heavy atom. The van der Waals surface area contributed by atoms with Crippen molar-refractivity contribution in [3.05, 3.63) is 101 Å². The average Bonchev–Trinajstić information content (AvgIpc) is 3.07. The van der Waals surface area contributed by atoms with Crippen molar-refractivity contribution >= 4 is 17.1 Å². The van der Waals surface area contributed by atoms with E-state index in [2.05, 4.69) is 85.2 Å².